The van der Waals surface area contributed by atoms with Crippen LogP contribution in [0.3, 0.4) is 0 Å². The average Bonchev–Trinajstić information content (AvgIpc) is 2.95. The summed E-state index contributed by atoms with van der Waals surface area (Å²) in [7, 11) is 0.0934. The Morgan fingerprint density at radius 3 is 2.62 bits per heavy atom. The molecule has 1 amide bonds. The number of aldehydes is 1. The fraction of sp³-hybridized carbons (Fsp3) is 0.312. The van der Waals surface area contributed by atoms with E-state index in [1.165, 1.54) is 18.2 Å². The molecule has 1 heterocycles. The van der Waals surface area contributed by atoms with Gasteiger partial charge in [0.2, 0.25) is 0 Å². The zero-order valence-electron chi connectivity index (χ0n) is 13.9. The molecule has 0 saturated carbocycles. The van der Waals surface area contributed by atoms with Gasteiger partial charge in [-0.15, -0.1) is 0 Å². The van der Waals surface area contributed by atoms with E-state index in [-0.39, 0.29) is 23.0 Å². The summed E-state index contributed by atoms with van der Waals surface area (Å²) in [5.74, 6) is 0.491. The van der Waals surface area contributed by atoms with Gasteiger partial charge in [-0.3, -0.25) is 9.59 Å². The minimum Gasteiger partial charge on any atom is -0.423 e. The molecule has 0 aliphatic carbocycles. The van der Waals surface area contributed by atoms with Gasteiger partial charge in [0.05, 0.1) is 6.54 Å². The first-order valence-corrected chi connectivity index (χ1v) is 7.57. The van der Waals surface area contributed by atoms with Gasteiger partial charge >= 0.3 is 7.12 Å². The summed E-state index contributed by atoms with van der Waals surface area (Å²) < 4.78 is 1.84. The van der Waals surface area contributed by atoms with Gasteiger partial charge in [-0.05, 0) is 31.4 Å². The molecule has 0 aliphatic rings. The van der Waals surface area contributed by atoms with Crippen LogP contribution in [0.4, 0.5) is 0 Å². The summed E-state index contributed by atoms with van der Waals surface area (Å²) in [6.07, 6.45) is 3.98. The lowest BCUT2D eigenvalue weighted by molar-refractivity contribution is 0.0683. The van der Waals surface area contributed by atoms with Gasteiger partial charge in [-0.2, -0.15) is 0 Å². The van der Waals surface area contributed by atoms with E-state index in [9.17, 15) is 19.6 Å². The van der Waals surface area contributed by atoms with Gasteiger partial charge in [0, 0.05) is 36.6 Å². The molecule has 2 aromatic rings. The minimum absolute atomic E-state index is 0.0711. The predicted octanol–water partition coefficient (Wildman–Crippen LogP) is -0.0368. The number of aromatic nitrogens is 2. The maximum Gasteiger partial charge on any atom is 0.489 e. The van der Waals surface area contributed by atoms with E-state index < -0.39 is 7.12 Å². The molecule has 0 spiro atoms. The summed E-state index contributed by atoms with van der Waals surface area (Å²) in [5, 5.41) is 18.5. The molecule has 0 radical (unpaired) electrons. The lowest BCUT2D eigenvalue weighted by Gasteiger charge is -2.26. The van der Waals surface area contributed by atoms with E-state index in [0.29, 0.717) is 18.4 Å². The molecular formula is C16H20BN3O4. The second kappa shape index (κ2) is 7.42. The van der Waals surface area contributed by atoms with Crippen LogP contribution in [0, 0.1) is 0 Å². The SMILES string of the molecule is CC(C)N(Cc1nccn1C)C(=O)c1ccc(B(O)O)c(C=O)c1. The first kappa shape index (κ1) is 17.9. The van der Waals surface area contributed by atoms with Crippen molar-refractivity contribution in [2.75, 3.05) is 0 Å². The monoisotopic (exact) mass is 329 g/mol. The molecule has 2 N–H and O–H groups in total. The summed E-state index contributed by atoms with van der Waals surface area (Å²) >= 11 is 0. The lowest BCUT2D eigenvalue weighted by Crippen LogP contribution is -2.38. The topological polar surface area (TPSA) is 95.7 Å². The molecule has 7 nitrogen and oxygen atoms in total. The normalized spacial score (nSPS) is 10.8. The van der Waals surface area contributed by atoms with Crippen LogP contribution in [-0.2, 0) is 13.6 Å². The fourth-order valence-electron chi connectivity index (χ4n) is 2.40. The van der Waals surface area contributed by atoms with Gasteiger partial charge < -0.3 is 19.5 Å². The Bertz CT molecular complexity index is 743. The number of hydrogen-bond donors (Lipinski definition) is 2. The number of benzene rings is 1. The number of amides is 1. The Morgan fingerprint density at radius 1 is 1.42 bits per heavy atom. The first-order valence-electron chi connectivity index (χ1n) is 7.57. The van der Waals surface area contributed by atoms with Crippen molar-refractivity contribution in [2.24, 2.45) is 7.05 Å². The second-order valence-electron chi connectivity index (χ2n) is 5.82. The van der Waals surface area contributed by atoms with Crippen LogP contribution < -0.4 is 5.46 Å². The molecule has 0 unspecified atom stereocenters. The number of carbonyl (C=O) groups excluding carboxylic acids is 2. The molecule has 1 aromatic heterocycles. The maximum absolute atomic E-state index is 12.8. The summed E-state index contributed by atoms with van der Waals surface area (Å²) in [5.41, 5.74) is 0.461. The predicted molar refractivity (Wildman–Crippen MR) is 89.9 cm³/mol. The van der Waals surface area contributed by atoms with Crippen LogP contribution in [0.2, 0.25) is 0 Å². The Kier molecular flexibility index (Phi) is 5.53. The minimum atomic E-state index is -1.76. The van der Waals surface area contributed by atoms with Gasteiger partial charge in [0.25, 0.3) is 5.91 Å². The zero-order valence-corrected chi connectivity index (χ0v) is 13.9. The van der Waals surface area contributed by atoms with Crippen molar-refractivity contribution in [1.82, 2.24) is 14.5 Å². The van der Waals surface area contributed by atoms with Crippen molar-refractivity contribution in [2.45, 2.75) is 26.4 Å². The third-order valence-corrected chi connectivity index (χ3v) is 3.86. The van der Waals surface area contributed by atoms with Crippen molar-refractivity contribution in [3.63, 3.8) is 0 Å². The summed E-state index contributed by atoms with van der Waals surface area (Å²) in [6, 6.07) is 4.16. The Hall–Kier alpha value is -2.45. The molecule has 0 aliphatic heterocycles. The standard InChI is InChI=1S/C16H20BN3O4/c1-11(2)20(9-15-18-6-7-19(15)3)16(22)12-4-5-14(17(23)24)13(8-12)10-21/h4-8,10-11,23-24H,9H2,1-3H3. The molecule has 126 valence electrons. The molecule has 1 aromatic carbocycles. The Labute approximate surface area is 140 Å². The van der Waals surface area contributed by atoms with Crippen LogP contribution in [0.25, 0.3) is 0 Å². The lowest BCUT2D eigenvalue weighted by atomic mass is 9.76. The van der Waals surface area contributed by atoms with Crippen molar-refractivity contribution >= 4 is 24.8 Å². The summed E-state index contributed by atoms with van der Waals surface area (Å²) in [4.78, 5) is 29.8. The van der Waals surface area contributed by atoms with Gasteiger partial charge in [-0.1, -0.05) is 6.07 Å². The molecule has 24 heavy (non-hydrogen) atoms. The van der Waals surface area contributed by atoms with E-state index in [1.54, 1.807) is 17.3 Å². The van der Waals surface area contributed by atoms with E-state index >= 15 is 0 Å². The first-order chi connectivity index (χ1) is 11.3. The van der Waals surface area contributed by atoms with Crippen LogP contribution in [0.15, 0.2) is 30.6 Å². The number of carbonyl (C=O) groups is 2. The molecule has 2 rings (SSSR count). The third kappa shape index (κ3) is 3.72. The fourth-order valence-corrected chi connectivity index (χ4v) is 2.40. The van der Waals surface area contributed by atoms with Crippen LogP contribution in [0.5, 0.6) is 0 Å². The molecule has 0 atom stereocenters. The number of hydrogen-bond acceptors (Lipinski definition) is 5. The highest BCUT2D eigenvalue weighted by molar-refractivity contribution is 6.60. The third-order valence-electron chi connectivity index (χ3n) is 3.86. The van der Waals surface area contributed by atoms with Crippen molar-refractivity contribution in [1.29, 1.82) is 0 Å². The van der Waals surface area contributed by atoms with Gasteiger partial charge in [0.1, 0.15) is 12.1 Å². The molecule has 0 saturated heterocycles. The van der Waals surface area contributed by atoms with Gasteiger partial charge in [-0.25, -0.2) is 4.98 Å². The van der Waals surface area contributed by atoms with Crippen LogP contribution >= 0.6 is 0 Å². The molecule has 0 bridgehead atoms. The van der Waals surface area contributed by atoms with Crippen LogP contribution in [0.1, 0.15) is 40.4 Å². The van der Waals surface area contributed by atoms with E-state index in [1.807, 2.05) is 25.5 Å². The number of aryl methyl sites for hydroxylation is 1. The Balaban J connectivity index is 2.33. The number of nitrogens with zero attached hydrogens (tertiary/aromatic N) is 3. The smallest absolute Gasteiger partial charge is 0.423 e. The van der Waals surface area contributed by atoms with Crippen molar-refractivity contribution in [3.8, 4) is 0 Å². The van der Waals surface area contributed by atoms with E-state index in [4.69, 9.17) is 0 Å². The molecule has 8 heteroatoms. The van der Waals surface area contributed by atoms with Crippen LogP contribution in [-0.4, -0.2) is 49.9 Å². The van der Waals surface area contributed by atoms with E-state index in [2.05, 4.69) is 4.98 Å². The van der Waals surface area contributed by atoms with Gasteiger partial charge in [0.15, 0.2) is 0 Å². The highest BCUT2D eigenvalue weighted by atomic mass is 16.4. The number of rotatable bonds is 6. The van der Waals surface area contributed by atoms with Crippen molar-refractivity contribution in [3.05, 3.63) is 47.5 Å². The second-order valence-corrected chi connectivity index (χ2v) is 5.82. The maximum atomic E-state index is 12.8. The Morgan fingerprint density at radius 2 is 2.12 bits per heavy atom. The van der Waals surface area contributed by atoms with Crippen molar-refractivity contribution < 1.29 is 19.6 Å². The largest absolute Gasteiger partial charge is 0.489 e. The number of imidazole rings is 1. The molecule has 0 fully saturated rings. The highest BCUT2D eigenvalue weighted by Crippen LogP contribution is 2.13. The van der Waals surface area contributed by atoms with E-state index in [0.717, 1.165) is 5.82 Å². The molecular weight excluding hydrogens is 309 g/mol. The zero-order chi connectivity index (χ0) is 17.9. The highest BCUT2D eigenvalue weighted by Gasteiger charge is 2.23. The average molecular weight is 329 g/mol. The quantitative estimate of drug-likeness (QED) is 0.573. The summed E-state index contributed by atoms with van der Waals surface area (Å²) in [6.45, 7) is 4.13.